The summed E-state index contributed by atoms with van der Waals surface area (Å²) in [6, 6.07) is 12.7. The summed E-state index contributed by atoms with van der Waals surface area (Å²) in [7, 11) is 0. The molecule has 0 spiro atoms. The summed E-state index contributed by atoms with van der Waals surface area (Å²) < 4.78 is 10.4. The number of carbonyl (C=O) groups is 3. The van der Waals surface area contributed by atoms with Gasteiger partial charge in [0, 0.05) is 24.3 Å². The number of ether oxygens (including phenoxy) is 2. The van der Waals surface area contributed by atoms with E-state index in [2.05, 4.69) is 29.6 Å². The Morgan fingerprint density at radius 2 is 1.48 bits per heavy atom. The monoisotopic (exact) mass is 427 g/mol. The number of hydrazine groups is 1. The van der Waals surface area contributed by atoms with Gasteiger partial charge in [0.2, 0.25) is 0 Å². The number of anilines is 1. The van der Waals surface area contributed by atoms with Gasteiger partial charge in [-0.2, -0.15) is 0 Å². The smallest absolute Gasteiger partial charge is 0.344 e. The normalized spacial score (nSPS) is 10.2. The summed E-state index contributed by atoms with van der Waals surface area (Å²) in [6.07, 6.45) is 0. The third-order valence-corrected chi connectivity index (χ3v) is 4.68. The largest absolute Gasteiger partial charge is 0.481 e. The molecule has 2 amide bonds. The highest BCUT2D eigenvalue weighted by molar-refractivity contribution is 5.95. The molecule has 0 aliphatic heterocycles. The third kappa shape index (κ3) is 7.02. The summed E-state index contributed by atoms with van der Waals surface area (Å²) >= 11 is 0. The fourth-order valence-electron chi connectivity index (χ4n) is 2.99. The van der Waals surface area contributed by atoms with Crippen LogP contribution in [0.15, 0.2) is 42.5 Å². The van der Waals surface area contributed by atoms with Crippen molar-refractivity contribution in [3.63, 3.8) is 0 Å². The van der Waals surface area contributed by atoms with Crippen molar-refractivity contribution in [3.05, 3.63) is 59.2 Å². The molecule has 0 aromatic heterocycles. The lowest BCUT2D eigenvalue weighted by molar-refractivity contribution is -0.150. The van der Waals surface area contributed by atoms with Gasteiger partial charge in [-0.25, -0.2) is 4.79 Å². The predicted octanol–water partition coefficient (Wildman–Crippen LogP) is 2.53. The molecule has 8 nitrogen and oxygen atoms in total. The summed E-state index contributed by atoms with van der Waals surface area (Å²) in [6.45, 7) is 8.76. The van der Waals surface area contributed by atoms with E-state index in [1.807, 2.05) is 44.2 Å². The second-order valence-electron chi connectivity index (χ2n) is 6.89. The number of carbonyl (C=O) groups excluding carboxylic acids is 3. The predicted molar refractivity (Wildman–Crippen MR) is 118 cm³/mol. The van der Waals surface area contributed by atoms with Gasteiger partial charge >= 0.3 is 5.97 Å². The highest BCUT2D eigenvalue weighted by Gasteiger charge is 2.12. The summed E-state index contributed by atoms with van der Waals surface area (Å²) in [5.41, 5.74) is 7.73. The van der Waals surface area contributed by atoms with Crippen LogP contribution < -0.4 is 20.5 Å². The van der Waals surface area contributed by atoms with Gasteiger partial charge in [-0.15, -0.1) is 0 Å². The van der Waals surface area contributed by atoms with Crippen molar-refractivity contribution >= 4 is 23.5 Å². The number of hydrogen-bond acceptors (Lipinski definition) is 6. The van der Waals surface area contributed by atoms with E-state index in [9.17, 15) is 14.4 Å². The molecule has 0 bridgehead atoms. The van der Waals surface area contributed by atoms with Crippen LogP contribution >= 0.6 is 0 Å². The van der Waals surface area contributed by atoms with Gasteiger partial charge in [0.15, 0.2) is 13.2 Å². The quantitative estimate of drug-likeness (QED) is 0.472. The minimum absolute atomic E-state index is 0.315. The molecule has 0 saturated heterocycles. The number of nitrogens with one attached hydrogen (secondary N) is 2. The maximum absolute atomic E-state index is 12.2. The molecule has 31 heavy (non-hydrogen) atoms. The Bertz CT molecular complexity index is 888. The minimum atomic E-state index is -0.684. The zero-order valence-corrected chi connectivity index (χ0v) is 18.4. The van der Waals surface area contributed by atoms with Gasteiger partial charge in [0.25, 0.3) is 11.8 Å². The Kier molecular flexibility index (Phi) is 8.87. The second-order valence-corrected chi connectivity index (χ2v) is 6.89. The number of hydrogen-bond donors (Lipinski definition) is 2. The van der Waals surface area contributed by atoms with Crippen molar-refractivity contribution in [3.8, 4) is 5.75 Å². The number of para-hydroxylation sites is 1. The van der Waals surface area contributed by atoms with E-state index in [1.165, 1.54) is 0 Å². The number of esters is 1. The van der Waals surface area contributed by atoms with Gasteiger partial charge < -0.3 is 14.4 Å². The molecule has 166 valence electrons. The summed E-state index contributed by atoms with van der Waals surface area (Å²) in [4.78, 5) is 38.0. The SMILES string of the molecule is CCN(CC)c1ccc(C(=O)NNC(=O)COC(=O)COc2c(C)cccc2C)cc1. The van der Waals surface area contributed by atoms with Crippen LogP contribution in [-0.4, -0.2) is 44.1 Å². The third-order valence-electron chi connectivity index (χ3n) is 4.68. The summed E-state index contributed by atoms with van der Waals surface area (Å²) in [5, 5.41) is 0. The van der Waals surface area contributed by atoms with Crippen LogP contribution in [0.3, 0.4) is 0 Å². The molecule has 0 aliphatic rings. The number of rotatable bonds is 9. The molecule has 2 aromatic carbocycles. The van der Waals surface area contributed by atoms with Crippen LogP contribution in [0, 0.1) is 13.8 Å². The van der Waals surface area contributed by atoms with Crippen LogP contribution in [-0.2, 0) is 14.3 Å². The average Bonchev–Trinajstić information content (AvgIpc) is 2.77. The van der Waals surface area contributed by atoms with E-state index in [0.29, 0.717) is 11.3 Å². The number of nitrogens with zero attached hydrogens (tertiary/aromatic N) is 1. The number of amides is 2. The Hall–Kier alpha value is -3.55. The first-order valence-electron chi connectivity index (χ1n) is 10.1. The van der Waals surface area contributed by atoms with E-state index in [-0.39, 0.29) is 6.61 Å². The molecule has 2 N–H and O–H groups in total. The van der Waals surface area contributed by atoms with Crippen LogP contribution in [0.5, 0.6) is 5.75 Å². The van der Waals surface area contributed by atoms with E-state index < -0.39 is 24.4 Å². The molecule has 2 rings (SSSR count). The summed E-state index contributed by atoms with van der Waals surface area (Å²) in [5.74, 6) is -1.20. The van der Waals surface area contributed by atoms with Crippen LogP contribution in [0.2, 0.25) is 0 Å². The van der Waals surface area contributed by atoms with Gasteiger partial charge in [-0.3, -0.25) is 20.4 Å². The molecule has 0 atom stereocenters. The maximum Gasteiger partial charge on any atom is 0.344 e. The lowest BCUT2D eigenvalue weighted by Crippen LogP contribution is -2.43. The fraction of sp³-hybridized carbons (Fsp3) is 0.348. The first-order chi connectivity index (χ1) is 14.8. The minimum Gasteiger partial charge on any atom is -0.481 e. The Labute approximate surface area is 182 Å². The van der Waals surface area contributed by atoms with Crippen LogP contribution in [0.25, 0.3) is 0 Å². The molecule has 2 aromatic rings. The van der Waals surface area contributed by atoms with Crippen molar-refractivity contribution in [1.82, 2.24) is 10.9 Å². The molecule has 8 heteroatoms. The van der Waals surface area contributed by atoms with Crippen molar-refractivity contribution < 1.29 is 23.9 Å². The van der Waals surface area contributed by atoms with E-state index in [0.717, 1.165) is 29.9 Å². The molecule has 0 fully saturated rings. The van der Waals surface area contributed by atoms with Crippen LogP contribution in [0.4, 0.5) is 5.69 Å². The lowest BCUT2D eigenvalue weighted by atomic mass is 10.1. The number of benzene rings is 2. The molecular weight excluding hydrogens is 398 g/mol. The standard InChI is InChI=1S/C23H29N3O5/c1-5-26(6-2)19-12-10-18(11-13-19)23(29)25-24-20(27)14-30-21(28)15-31-22-16(3)8-7-9-17(22)4/h7-13H,5-6,14-15H2,1-4H3,(H,24,27)(H,25,29). The zero-order chi connectivity index (χ0) is 22.8. The molecule has 0 radical (unpaired) electrons. The average molecular weight is 428 g/mol. The van der Waals surface area contributed by atoms with Gasteiger partial charge in [-0.1, -0.05) is 18.2 Å². The molecule has 0 heterocycles. The van der Waals surface area contributed by atoms with Gasteiger partial charge in [0.1, 0.15) is 5.75 Å². The Balaban J connectivity index is 1.73. The molecule has 0 unspecified atom stereocenters. The first-order valence-corrected chi connectivity index (χ1v) is 10.1. The van der Waals surface area contributed by atoms with E-state index in [1.54, 1.807) is 12.1 Å². The van der Waals surface area contributed by atoms with Crippen molar-refractivity contribution in [2.45, 2.75) is 27.7 Å². The fourth-order valence-corrected chi connectivity index (χ4v) is 2.99. The topological polar surface area (TPSA) is 97.0 Å². The molecular formula is C23H29N3O5. The van der Waals surface area contributed by atoms with Crippen molar-refractivity contribution in [2.75, 3.05) is 31.2 Å². The van der Waals surface area contributed by atoms with Crippen molar-refractivity contribution in [1.29, 1.82) is 0 Å². The number of aryl methyl sites for hydroxylation is 2. The van der Waals surface area contributed by atoms with E-state index >= 15 is 0 Å². The Morgan fingerprint density at radius 1 is 0.871 bits per heavy atom. The molecule has 0 aliphatic carbocycles. The molecule has 0 saturated carbocycles. The Morgan fingerprint density at radius 3 is 2.06 bits per heavy atom. The maximum atomic E-state index is 12.2. The van der Waals surface area contributed by atoms with E-state index in [4.69, 9.17) is 9.47 Å². The van der Waals surface area contributed by atoms with Crippen molar-refractivity contribution in [2.24, 2.45) is 0 Å². The van der Waals surface area contributed by atoms with Crippen LogP contribution in [0.1, 0.15) is 35.3 Å². The highest BCUT2D eigenvalue weighted by Crippen LogP contribution is 2.22. The second kappa shape index (κ2) is 11.6. The van der Waals surface area contributed by atoms with Gasteiger partial charge in [-0.05, 0) is 63.1 Å². The van der Waals surface area contributed by atoms with Gasteiger partial charge in [0.05, 0.1) is 0 Å². The lowest BCUT2D eigenvalue weighted by Gasteiger charge is -2.21. The highest BCUT2D eigenvalue weighted by atomic mass is 16.6. The first kappa shape index (κ1) is 23.7. The zero-order valence-electron chi connectivity index (χ0n) is 18.4.